The molecule has 4 rings (SSSR count). The molecule has 1 N–H and O–H groups in total. The molecule has 0 atom stereocenters. The Morgan fingerprint density at radius 3 is 2.81 bits per heavy atom. The Balaban J connectivity index is 1.80. The number of aryl methyl sites for hydroxylation is 1. The molecular weight excluding hydrogens is 344 g/mol. The van der Waals surface area contributed by atoms with Crippen LogP contribution >= 0.6 is 11.3 Å². The van der Waals surface area contributed by atoms with E-state index in [1.54, 1.807) is 11.3 Å². The number of ether oxygens (including phenoxy) is 1. The smallest absolute Gasteiger partial charge is 0.141 e. The van der Waals surface area contributed by atoms with Crippen LogP contribution in [0.1, 0.15) is 19.2 Å². The van der Waals surface area contributed by atoms with Gasteiger partial charge in [0.15, 0.2) is 0 Å². The van der Waals surface area contributed by atoms with Crippen LogP contribution in [0.25, 0.3) is 21.3 Å². The van der Waals surface area contributed by atoms with E-state index in [9.17, 15) is 0 Å². The van der Waals surface area contributed by atoms with Crippen LogP contribution in [0.15, 0.2) is 29.6 Å². The second kappa shape index (κ2) is 7.60. The minimum atomic E-state index is 0.682. The zero-order valence-electron chi connectivity index (χ0n) is 15.3. The molecule has 6 heteroatoms. The summed E-state index contributed by atoms with van der Waals surface area (Å²) in [6.07, 6.45) is 1.13. The molecule has 3 heterocycles. The summed E-state index contributed by atoms with van der Waals surface area (Å²) in [5.41, 5.74) is 2.39. The number of aromatic nitrogens is 2. The Hall–Kier alpha value is -2.18. The molecule has 0 saturated carbocycles. The molecule has 2 aromatic heterocycles. The first-order valence-corrected chi connectivity index (χ1v) is 10.1. The van der Waals surface area contributed by atoms with E-state index in [-0.39, 0.29) is 0 Å². The van der Waals surface area contributed by atoms with Gasteiger partial charge in [-0.3, -0.25) is 0 Å². The molecule has 3 aromatic rings. The van der Waals surface area contributed by atoms with Gasteiger partial charge in [-0.05, 0) is 44.5 Å². The van der Waals surface area contributed by atoms with E-state index in [0.29, 0.717) is 6.61 Å². The van der Waals surface area contributed by atoms with Crippen molar-refractivity contribution in [1.29, 1.82) is 0 Å². The Morgan fingerprint density at radius 1 is 1.15 bits per heavy atom. The van der Waals surface area contributed by atoms with Crippen LogP contribution in [0.2, 0.25) is 0 Å². The third-order valence-corrected chi connectivity index (χ3v) is 5.51. The van der Waals surface area contributed by atoms with Gasteiger partial charge in [-0.15, -0.1) is 11.3 Å². The van der Waals surface area contributed by atoms with Crippen molar-refractivity contribution in [1.82, 2.24) is 15.3 Å². The van der Waals surface area contributed by atoms with E-state index in [0.717, 1.165) is 54.8 Å². The molecule has 0 aliphatic carbocycles. The zero-order valence-corrected chi connectivity index (χ0v) is 16.1. The molecule has 1 aromatic carbocycles. The number of fused-ring (bicyclic) bond motifs is 1. The van der Waals surface area contributed by atoms with Gasteiger partial charge in [0.25, 0.3) is 0 Å². The molecule has 1 saturated heterocycles. The summed E-state index contributed by atoms with van der Waals surface area (Å²) in [4.78, 5) is 13.0. The van der Waals surface area contributed by atoms with E-state index >= 15 is 0 Å². The number of hydrogen-bond acceptors (Lipinski definition) is 6. The number of nitrogens with zero attached hydrogens (tertiary/aromatic N) is 3. The van der Waals surface area contributed by atoms with Crippen molar-refractivity contribution in [3.05, 3.63) is 35.5 Å². The summed E-state index contributed by atoms with van der Waals surface area (Å²) < 4.78 is 5.58. The predicted octanol–water partition coefficient (Wildman–Crippen LogP) is 3.87. The highest BCUT2D eigenvalue weighted by molar-refractivity contribution is 7.17. The molecule has 5 nitrogen and oxygen atoms in total. The van der Waals surface area contributed by atoms with E-state index < -0.39 is 0 Å². The second-order valence-electron chi connectivity index (χ2n) is 6.47. The lowest BCUT2D eigenvalue weighted by Gasteiger charge is -2.22. The van der Waals surface area contributed by atoms with Crippen molar-refractivity contribution >= 4 is 27.4 Å². The van der Waals surface area contributed by atoms with Crippen molar-refractivity contribution in [3.63, 3.8) is 0 Å². The maximum absolute atomic E-state index is 5.58. The number of nitrogens with one attached hydrogen (secondary N) is 1. The summed E-state index contributed by atoms with van der Waals surface area (Å²) in [5.74, 6) is 2.81. The number of thiophene rings is 1. The first kappa shape index (κ1) is 17.2. The fourth-order valence-electron chi connectivity index (χ4n) is 3.42. The molecule has 0 unspecified atom stereocenters. The molecule has 26 heavy (non-hydrogen) atoms. The Bertz CT molecular complexity index is 883. The van der Waals surface area contributed by atoms with E-state index in [1.165, 1.54) is 16.5 Å². The zero-order chi connectivity index (χ0) is 17.9. The van der Waals surface area contributed by atoms with Gasteiger partial charge in [-0.1, -0.05) is 12.1 Å². The monoisotopic (exact) mass is 368 g/mol. The molecule has 0 bridgehead atoms. The highest BCUT2D eigenvalue weighted by Gasteiger charge is 2.20. The highest BCUT2D eigenvalue weighted by atomic mass is 32.1. The van der Waals surface area contributed by atoms with Crippen LogP contribution < -0.4 is 15.0 Å². The summed E-state index contributed by atoms with van der Waals surface area (Å²) in [6, 6.07) is 8.32. The fraction of sp³-hybridized carbons (Fsp3) is 0.400. The molecule has 0 spiro atoms. The van der Waals surface area contributed by atoms with Crippen LogP contribution in [0.3, 0.4) is 0 Å². The van der Waals surface area contributed by atoms with Crippen LogP contribution in [0.4, 0.5) is 5.82 Å². The van der Waals surface area contributed by atoms with Crippen LogP contribution in [-0.4, -0.2) is 42.8 Å². The van der Waals surface area contributed by atoms with Crippen LogP contribution in [0, 0.1) is 6.92 Å². The van der Waals surface area contributed by atoms with E-state index in [1.807, 2.05) is 26.0 Å². The molecule has 0 radical (unpaired) electrons. The van der Waals surface area contributed by atoms with Crippen molar-refractivity contribution < 1.29 is 4.74 Å². The maximum atomic E-state index is 5.58. The SMILES string of the molecule is CCOc1ccc(-c2csc3nc(C)nc(N4CCCNCC4)c23)cc1. The van der Waals surface area contributed by atoms with E-state index in [4.69, 9.17) is 9.72 Å². The summed E-state index contributed by atoms with van der Waals surface area (Å²) in [5, 5.41) is 6.85. The third kappa shape index (κ3) is 3.39. The van der Waals surface area contributed by atoms with Gasteiger partial charge in [0.05, 0.1) is 12.0 Å². The topological polar surface area (TPSA) is 50.3 Å². The predicted molar refractivity (Wildman–Crippen MR) is 108 cm³/mol. The first-order chi connectivity index (χ1) is 12.8. The largest absolute Gasteiger partial charge is 0.494 e. The van der Waals surface area contributed by atoms with Gasteiger partial charge >= 0.3 is 0 Å². The molecule has 1 fully saturated rings. The van der Waals surface area contributed by atoms with Crippen molar-refractivity contribution in [2.24, 2.45) is 0 Å². The Kier molecular flexibility index (Phi) is 5.04. The summed E-state index contributed by atoms with van der Waals surface area (Å²) in [6.45, 7) is 8.73. The van der Waals surface area contributed by atoms with Gasteiger partial charge in [0.2, 0.25) is 0 Å². The minimum Gasteiger partial charge on any atom is -0.494 e. The second-order valence-corrected chi connectivity index (χ2v) is 7.33. The van der Waals surface area contributed by atoms with Crippen LogP contribution in [0.5, 0.6) is 5.75 Å². The molecule has 1 aliphatic heterocycles. The van der Waals surface area contributed by atoms with Crippen molar-refractivity contribution in [3.8, 4) is 16.9 Å². The van der Waals surface area contributed by atoms with Gasteiger partial charge in [0.1, 0.15) is 22.2 Å². The quantitative estimate of drug-likeness (QED) is 0.758. The fourth-order valence-corrected chi connectivity index (χ4v) is 4.41. The maximum Gasteiger partial charge on any atom is 0.141 e. The molecule has 1 aliphatic rings. The standard InChI is InChI=1S/C20H24N4OS/c1-3-25-16-7-5-15(6-8-16)17-13-26-20-18(17)19(22-14(2)23-20)24-11-4-9-21-10-12-24/h5-8,13,21H,3-4,9-12H2,1-2H3. The van der Waals surface area contributed by atoms with Crippen molar-refractivity contribution in [2.45, 2.75) is 20.3 Å². The third-order valence-electron chi connectivity index (χ3n) is 4.64. The number of anilines is 1. The average Bonchev–Trinajstić information content (AvgIpc) is 2.88. The lowest BCUT2D eigenvalue weighted by atomic mass is 10.1. The molecule has 136 valence electrons. The van der Waals surface area contributed by atoms with Gasteiger partial charge in [-0.2, -0.15) is 0 Å². The first-order valence-electron chi connectivity index (χ1n) is 9.21. The van der Waals surface area contributed by atoms with Gasteiger partial charge < -0.3 is 15.0 Å². The number of rotatable bonds is 4. The van der Waals surface area contributed by atoms with E-state index in [2.05, 4.69) is 32.7 Å². The summed E-state index contributed by atoms with van der Waals surface area (Å²) >= 11 is 1.70. The number of benzene rings is 1. The minimum absolute atomic E-state index is 0.682. The van der Waals surface area contributed by atoms with Gasteiger partial charge in [0, 0.05) is 30.6 Å². The van der Waals surface area contributed by atoms with Crippen molar-refractivity contribution in [2.75, 3.05) is 37.7 Å². The van der Waals surface area contributed by atoms with Crippen LogP contribution in [-0.2, 0) is 0 Å². The Morgan fingerprint density at radius 2 is 2.00 bits per heavy atom. The molecular formula is C20H24N4OS. The Labute approximate surface area is 158 Å². The molecule has 0 amide bonds. The van der Waals surface area contributed by atoms with Gasteiger partial charge in [-0.25, -0.2) is 9.97 Å². The summed E-state index contributed by atoms with van der Waals surface area (Å²) in [7, 11) is 0. The number of hydrogen-bond donors (Lipinski definition) is 1. The lowest BCUT2D eigenvalue weighted by molar-refractivity contribution is 0.340. The average molecular weight is 369 g/mol. The lowest BCUT2D eigenvalue weighted by Crippen LogP contribution is -2.29. The highest BCUT2D eigenvalue weighted by Crippen LogP contribution is 2.38. The normalized spacial score (nSPS) is 15.2.